The monoisotopic (exact) mass is 304 g/mol. The van der Waals surface area contributed by atoms with Crippen molar-refractivity contribution < 1.29 is 9.90 Å². The van der Waals surface area contributed by atoms with Crippen molar-refractivity contribution in [1.82, 2.24) is 0 Å². The van der Waals surface area contributed by atoms with Gasteiger partial charge in [-0.1, -0.05) is 66.4 Å². The van der Waals surface area contributed by atoms with Crippen LogP contribution in [0.1, 0.15) is 15.9 Å². The van der Waals surface area contributed by atoms with Gasteiger partial charge in [-0.15, -0.1) is 0 Å². The Labute approximate surface area is 132 Å². The van der Waals surface area contributed by atoms with Crippen LogP contribution < -0.4 is 0 Å². The minimum Gasteiger partial charge on any atom is -0.506 e. The van der Waals surface area contributed by atoms with E-state index in [0.29, 0.717) is 10.5 Å². The summed E-state index contributed by atoms with van der Waals surface area (Å²) in [6.07, 6.45) is 0. The second-order valence-corrected chi connectivity index (χ2v) is 6.22. The molecule has 0 amide bonds. The maximum absolute atomic E-state index is 12.8. The van der Waals surface area contributed by atoms with E-state index < -0.39 is 0 Å². The van der Waals surface area contributed by atoms with Gasteiger partial charge in [-0.05, 0) is 17.5 Å². The largest absolute Gasteiger partial charge is 0.506 e. The molecule has 0 aliphatic heterocycles. The molecule has 0 spiro atoms. The van der Waals surface area contributed by atoms with Crippen molar-refractivity contribution in [3.8, 4) is 0 Å². The molecule has 0 bridgehead atoms. The average Bonchev–Trinajstić information content (AvgIpc) is 2.57. The van der Waals surface area contributed by atoms with Gasteiger partial charge in [-0.3, -0.25) is 4.79 Å². The quantitative estimate of drug-likeness (QED) is 0.719. The van der Waals surface area contributed by atoms with E-state index in [1.807, 2.05) is 66.7 Å². The predicted molar refractivity (Wildman–Crippen MR) is 90.1 cm³/mol. The van der Waals surface area contributed by atoms with Crippen LogP contribution in [-0.4, -0.2) is 10.9 Å². The van der Waals surface area contributed by atoms with Gasteiger partial charge in [0.05, 0.1) is 0 Å². The van der Waals surface area contributed by atoms with E-state index in [9.17, 15) is 9.90 Å². The predicted octanol–water partition coefficient (Wildman–Crippen LogP) is 5.06. The van der Waals surface area contributed by atoms with Gasteiger partial charge in [0.15, 0.2) is 0 Å². The van der Waals surface area contributed by atoms with Crippen molar-refractivity contribution in [2.75, 3.05) is 0 Å². The second-order valence-electron chi connectivity index (χ2n) is 5.13. The van der Waals surface area contributed by atoms with Crippen LogP contribution in [0.2, 0.25) is 0 Å². The molecule has 0 radical (unpaired) electrons. The zero-order valence-corrected chi connectivity index (χ0v) is 12.4. The fourth-order valence-electron chi connectivity index (χ4n) is 2.78. The van der Waals surface area contributed by atoms with Crippen molar-refractivity contribution in [3.63, 3.8) is 0 Å². The van der Waals surface area contributed by atoms with Crippen molar-refractivity contribution in [1.29, 1.82) is 0 Å². The number of hydrogen-bond donors (Lipinski definition) is 1. The highest BCUT2D eigenvalue weighted by atomic mass is 32.2. The first-order chi connectivity index (χ1) is 10.8. The third kappa shape index (κ3) is 1.94. The molecule has 0 atom stereocenters. The van der Waals surface area contributed by atoms with E-state index in [4.69, 9.17) is 0 Å². The van der Waals surface area contributed by atoms with Crippen LogP contribution in [0, 0.1) is 0 Å². The first kappa shape index (κ1) is 13.2. The zero-order chi connectivity index (χ0) is 15.1. The molecule has 0 unspecified atom stereocenters. The third-order valence-corrected chi connectivity index (χ3v) is 4.88. The zero-order valence-electron chi connectivity index (χ0n) is 11.6. The Bertz CT molecular complexity index is 921. The summed E-state index contributed by atoms with van der Waals surface area (Å²) in [5.74, 6) is -0.0428. The van der Waals surface area contributed by atoms with E-state index in [0.717, 1.165) is 21.2 Å². The second kappa shape index (κ2) is 5.04. The summed E-state index contributed by atoms with van der Waals surface area (Å²) in [6.45, 7) is 0. The maximum Gasteiger partial charge on any atom is 0.204 e. The molecule has 3 aromatic rings. The van der Waals surface area contributed by atoms with Gasteiger partial charge in [0.1, 0.15) is 10.7 Å². The number of thioether (sulfide) groups is 1. The van der Waals surface area contributed by atoms with Crippen molar-refractivity contribution in [3.05, 3.63) is 82.8 Å². The lowest BCUT2D eigenvalue weighted by Crippen LogP contribution is -2.10. The van der Waals surface area contributed by atoms with Crippen molar-refractivity contribution >= 4 is 34.1 Å². The van der Waals surface area contributed by atoms with Gasteiger partial charge in [-0.25, -0.2) is 0 Å². The summed E-state index contributed by atoms with van der Waals surface area (Å²) in [6, 6.07) is 21.0. The number of aliphatic hydroxyl groups is 1. The van der Waals surface area contributed by atoms with Crippen molar-refractivity contribution in [2.45, 2.75) is 4.90 Å². The first-order valence-electron chi connectivity index (χ1n) is 6.98. The highest BCUT2D eigenvalue weighted by Gasteiger charge is 2.28. The topological polar surface area (TPSA) is 37.3 Å². The fourth-order valence-corrected chi connectivity index (χ4v) is 3.72. The van der Waals surface area contributed by atoms with Crippen LogP contribution >= 0.6 is 11.8 Å². The number of Topliss-reactive ketones (excluding diaryl/α,β-unsaturated/α-hetero) is 1. The average molecular weight is 304 g/mol. The number of rotatable bonds is 2. The molecular formula is C19H12O2S. The first-order valence-corrected chi connectivity index (χ1v) is 7.80. The van der Waals surface area contributed by atoms with Crippen LogP contribution in [0.15, 0.2) is 76.5 Å². The molecule has 106 valence electrons. The fraction of sp³-hybridized carbons (Fsp3) is 0. The molecule has 3 aromatic carbocycles. The van der Waals surface area contributed by atoms with E-state index in [-0.39, 0.29) is 11.5 Å². The standard InChI is InChI=1S/C19H12O2S/c20-17-14-10-4-6-12-7-5-11-15(16(12)14)18(21)19(17)22-13-8-2-1-3-9-13/h1-11,20H. The Kier molecular flexibility index (Phi) is 3.01. The van der Waals surface area contributed by atoms with Gasteiger partial charge >= 0.3 is 0 Å². The van der Waals surface area contributed by atoms with Crippen LogP contribution in [0.25, 0.3) is 16.5 Å². The summed E-state index contributed by atoms with van der Waals surface area (Å²) in [7, 11) is 0. The van der Waals surface area contributed by atoms with Gasteiger partial charge in [0.25, 0.3) is 0 Å². The lowest BCUT2D eigenvalue weighted by atomic mass is 9.91. The SMILES string of the molecule is O=C1C(Sc2ccccc2)=C(O)c2cccc3cccc1c23. The minimum absolute atomic E-state index is 0.0724. The highest BCUT2D eigenvalue weighted by molar-refractivity contribution is 8.04. The van der Waals surface area contributed by atoms with E-state index in [1.54, 1.807) is 0 Å². The Balaban J connectivity index is 1.93. The summed E-state index contributed by atoms with van der Waals surface area (Å²) in [4.78, 5) is 14.1. The molecule has 0 fully saturated rings. The number of benzene rings is 3. The van der Waals surface area contributed by atoms with Crippen LogP contribution in [0.4, 0.5) is 0 Å². The number of carbonyl (C=O) groups excluding carboxylic acids is 1. The molecule has 0 aromatic heterocycles. The molecule has 1 aliphatic carbocycles. The smallest absolute Gasteiger partial charge is 0.204 e. The molecule has 0 saturated carbocycles. The summed E-state index contributed by atoms with van der Waals surface area (Å²) < 4.78 is 0. The molecule has 0 saturated heterocycles. The summed E-state index contributed by atoms with van der Waals surface area (Å²) in [5.41, 5.74) is 1.38. The molecule has 1 N–H and O–H groups in total. The van der Waals surface area contributed by atoms with E-state index >= 15 is 0 Å². The Hall–Kier alpha value is -2.52. The van der Waals surface area contributed by atoms with Crippen LogP contribution in [0.5, 0.6) is 0 Å². The third-order valence-electron chi connectivity index (χ3n) is 3.79. The normalized spacial score (nSPS) is 13.7. The van der Waals surface area contributed by atoms with Crippen LogP contribution in [-0.2, 0) is 0 Å². The maximum atomic E-state index is 12.8. The summed E-state index contributed by atoms with van der Waals surface area (Å²) in [5, 5.41) is 12.4. The molecule has 0 heterocycles. The van der Waals surface area contributed by atoms with Crippen molar-refractivity contribution in [2.24, 2.45) is 0 Å². The lowest BCUT2D eigenvalue weighted by Gasteiger charge is -2.19. The minimum atomic E-state index is -0.115. The van der Waals surface area contributed by atoms with E-state index in [2.05, 4.69) is 0 Å². The molecular weight excluding hydrogens is 292 g/mol. The van der Waals surface area contributed by atoms with Crippen LogP contribution in [0.3, 0.4) is 0 Å². The molecule has 1 aliphatic rings. The molecule has 22 heavy (non-hydrogen) atoms. The number of aliphatic hydroxyl groups excluding tert-OH is 1. The Morgan fingerprint density at radius 3 is 2.18 bits per heavy atom. The molecule has 4 rings (SSSR count). The number of hydrogen-bond acceptors (Lipinski definition) is 3. The highest BCUT2D eigenvalue weighted by Crippen LogP contribution is 2.41. The molecule has 2 nitrogen and oxygen atoms in total. The number of ketones is 1. The lowest BCUT2D eigenvalue weighted by molar-refractivity contribution is 0.104. The Morgan fingerprint density at radius 2 is 1.45 bits per heavy atom. The number of carbonyl (C=O) groups is 1. The van der Waals surface area contributed by atoms with Gasteiger partial charge < -0.3 is 5.11 Å². The van der Waals surface area contributed by atoms with E-state index in [1.165, 1.54) is 11.8 Å². The number of allylic oxidation sites excluding steroid dienone is 1. The summed E-state index contributed by atoms with van der Waals surface area (Å²) >= 11 is 1.31. The van der Waals surface area contributed by atoms with Gasteiger partial charge in [-0.2, -0.15) is 0 Å². The molecule has 3 heteroatoms. The van der Waals surface area contributed by atoms with Gasteiger partial charge in [0, 0.05) is 21.4 Å². The van der Waals surface area contributed by atoms with Gasteiger partial charge in [0.2, 0.25) is 5.78 Å². The Morgan fingerprint density at radius 1 is 0.773 bits per heavy atom.